The number of aliphatic hydroxyl groups is 2. The van der Waals surface area contributed by atoms with E-state index in [0.29, 0.717) is 19.1 Å². The SMILES string of the molecule is C/C(=C\C=C\[C@H](C)c1ccccn1)[C@H]1OC(=O)C[C@@H](O)CC[C@](C)(O)[C@H](OC(=O)N2CCN(C3CCCCCC3)CC2)/C=C/[C@@H]1C. The van der Waals surface area contributed by atoms with Gasteiger partial charge in [0.15, 0.2) is 6.10 Å². The van der Waals surface area contributed by atoms with E-state index < -0.39 is 36.0 Å². The van der Waals surface area contributed by atoms with Gasteiger partial charge in [0, 0.05) is 55.9 Å². The first kappa shape index (κ1) is 35.8. The van der Waals surface area contributed by atoms with Gasteiger partial charge in [-0.25, -0.2) is 4.79 Å². The summed E-state index contributed by atoms with van der Waals surface area (Å²) in [7, 11) is 0. The molecule has 254 valence electrons. The van der Waals surface area contributed by atoms with E-state index in [4.69, 9.17) is 9.47 Å². The minimum atomic E-state index is -1.44. The van der Waals surface area contributed by atoms with E-state index in [1.807, 2.05) is 56.4 Å². The molecule has 1 saturated carbocycles. The zero-order valence-electron chi connectivity index (χ0n) is 28.2. The van der Waals surface area contributed by atoms with Crippen molar-refractivity contribution in [1.82, 2.24) is 14.8 Å². The fourth-order valence-electron chi connectivity index (χ4n) is 6.74. The second-order valence-electron chi connectivity index (χ2n) is 13.7. The number of allylic oxidation sites excluding steroid dienone is 3. The molecule has 3 heterocycles. The third-order valence-electron chi connectivity index (χ3n) is 9.83. The second kappa shape index (κ2) is 17.2. The first-order valence-electron chi connectivity index (χ1n) is 17.3. The zero-order chi connectivity index (χ0) is 33.1. The Labute approximate surface area is 275 Å². The first-order chi connectivity index (χ1) is 22.0. The summed E-state index contributed by atoms with van der Waals surface area (Å²) in [6, 6.07) is 6.43. The number of hydrogen-bond acceptors (Lipinski definition) is 8. The maximum absolute atomic E-state index is 13.4. The number of cyclic esters (lactones) is 1. The minimum absolute atomic E-state index is 0.106. The van der Waals surface area contributed by atoms with Crippen LogP contribution in [0.2, 0.25) is 0 Å². The molecule has 1 aromatic heterocycles. The number of nitrogens with zero attached hydrogens (tertiary/aromatic N) is 3. The van der Waals surface area contributed by atoms with Crippen LogP contribution >= 0.6 is 0 Å². The lowest BCUT2D eigenvalue weighted by molar-refractivity contribution is -0.151. The molecule has 0 unspecified atom stereocenters. The molecule has 1 aliphatic carbocycles. The van der Waals surface area contributed by atoms with Crippen molar-refractivity contribution in [2.45, 2.75) is 121 Å². The van der Waals surface area contributed by atoms with Crippen LogP contribution in [0.15, 0.2) is 60.3 Å². The summed E-state index contributed by atoms with van der Waals surface area (Å²) in [5.41, 5.74) is 0.345. The van der Waals surface area contributed by atoms with Gasteiger partial charge in [-0.3, -0.25) is 14.7 Å². The Morgan fingerprint density at radius 3 is 2.50 bits per heavy atom. The lowest BCUT2D eigenvalue weighted by atomic mass is 9.88. The Morgan fingerprint density at radius 1 is 1.11 bits per heavy atom. The smallest absolute Gasteiger partial charge is 0.410 e. The van der Waals surface area contributed by atoms with Crippen LogP contribution < -0.4 is 0 Å². The molecular formula is C37H55N3O6. The van der Waals surface area contributed by atoms with Gasteiger partial charge in [0.2, 0.25) is 0 Å². The van der Waals surface area contributed by atoms with Gasteiger partial charge in [-0.15, -0.1) is 0 Å². The Morgan fingerprint density at radius 2 is 1.83 bits per heavy atom. The molecule has 9 nitrogen and oxygen atoms in total. The number of esters is 1. The molecule has 46 heavy (non-hydrogen) atoms. The van der Waals surface area contributed by atoms with E-state index in [2.05, 4.69) is 16.8 Å². The molecule has 2 N–H and O–H groups in total. The van der Waals surface area contributed by atoms with E-state index in [1.54, 1.807) is 24.1 Å². The van der Waals surface area contributed by atoms with E-state index >= 15 is 0 Å². The normalized spacial score (nSPS) is 31.3. The minimum Gasteiger partial charge on any atom is -0.457 e. The Kier molecular flexibility index (Phi) is 13.4. The van der Waals surface area contributed by atoms with Gasteiger partial charge in [0.05, 0.1) is 12.5 Å². The number of piperazine rings is 1. The van der Waals surface area contributed by atoms with Crippen molar-refractivity contribution in [3.63, 3.8) is 0 Å². The first-order valence-corrected chi connectivity index (χ1v) is 17.3. The van der Waals surface area contributed by atoms with Gasteiger partial charge < -0.3 is 24.6 Å². The number of ether oxygens (including phenoxy) is 2. The van der Waals surface area contributed by atoms with E-state index in [-0.39, 0.29) is 31.1 Å². The standard InChI is InChI=1S/C37H55N3O6/c1-27(32-16-9-10-21-38-32)12-11-13-28(2)35-29(3)17-18-33(37(4,44)20-19-31(41)26-34(42)46-35)45-36(43)40-24-22-39(23-25-40)30-14-7-5-6-8-15-30/h9-13,16-18,21,27,29-31,33,35,41,44H,5-8,14-15,19-20,22-26H2,1-4H3/b12-11+,18-17+,28-13+/t27-,29-,31-,33+,35+,37-/m0/s1. The van der Waals surface area contributed by atoms with Crippen molar-refractivity contribution in [2.24, 2.45) is 5.92 Å². The second-order valence-corrected chi connectivity index (χ2v) is 13.7. The molecule has 1 aromatic rings. The number of aliphatic hydroxyl groups excluding tert-OH is 1. The highest BCUT2D eigenvalue weighted by Crippen LogP contribution is 2.28. The lowest BCUT2D eigenvalue weighted by Gasteiger charge is -2.40. The molecule has 0 spiro atoms. The van der Waals surface area contributed by atoms with E-state index in [0.717, 1.165) is 24.4 Å². The Hall–Kier alpha value is -3.01. The maximum Gasteiger partial charge on any atom is 0.410 e. The number of carbonyl (C=O) groups excluding carboxylic acids is 2. The van der Waals surface area contributed by atoms with Gasteiger partial charge in [-0.05, 0) is 63.3 Å². The molecule has 3 aliphatic rings. The number of carbonyl (C=O) groups is 2. The number of amides is 1. The molecule has 1 amide bonds. The fourth-order valence-corrected chi connectivity index (χ4v) is 6.74. The van der Waals surface area contributed by atoms with Crippen LogP contribution in [0.3, 0.4) is 0 Å². The summed E-state index contributed by atoms with van der Waals surface area (Å²) < 4.78 is 11.9. The third-order valence-corrected chi connectivity index (χ3v) is 9.83. The number of pyridine rings is 1. The molecule has 0 radical (unpaired) electrons. The van der Waals surface area contributed by atoms with Crippen molar-refractivity contribution in [2.75, 3.05) is 26.2 Å². The predicted octanol–water partition coefficient (Wildman–Crippen LogP) is 5.93. The monoisotopic (exact) mass is 637 g/mol. The van der Waals surface area contributed by atoms with Crippen LogP contribution in [-0.4, -0.2) is 93.2 Å². The Balaban J connectivity index is 1.45. The zero-order valence-corrected chi connectivity index (χ0v) is 28.2. The molecule has 0 aromatic carbocycles. The summed E-state index contributed by atoms with van der Waals surface area (Å²) in [5.74, 6) is -0.685. The van der Waals surface area contributed by atoms with Gasteiger partial charge >= 0.3 is 12.1 Å². The quantitative estimate of drug-likeness (QED) is 0.171. The predicted molar refractivity (Wildman–Crippen MR) is 179 cm³/mol. The topological polar surface area (TPSA) is 112 Å². The van der Waals surface area contributed by atoms with Crippen LogP contribution in [0.1, 0.15) is 97.1 Å². The molecule has 4 rings (SSSR count). The number of rotatable bonds is 6. The summed E-state index contributed by atoms with van der Waals surface area (Å²) in [6.07, 6.45) is 16.0. The van der Waals surface area contributed by atoms with Crippen LogP contribution in [0.25, 0.3) is 0 Å². The van der Waals surface area contributed by atoms with Crippen LogP contribution in [0.5, 0.6) is 0 Å². The maximum atomic E-state index is 13.4. The average molecular weight is 638 g/mol. The molecule has 1 saturated heterocycles. The van der Waals surface area contributed by atoms with Crippen molar-refractivity contribution in [3.05, 3.63) is 66.0 Å². The van der Waals surface area contributed by atoms with Crippen molar-refractivity contribution < 1.29 is 29.3 Å². The summed E-state index contributed by atoms with van der Waals surface area (Å²) >= 11 is 0. The van der Waals surface area contributed by atoms with Gasteiger partial charge in [0.1, 0.15) is 11.7 Å². The lowest BCUT2D eigenvalue weighted by Crippen LogP contribution is -2.53. The van der Waals surface area contributed by atoms with E-state index in [9.17, 15) is 19.8 Å². The summed E-state index contributed by atoms with van der Waals surface area (Å²) in [6.45, 7) is 10.4. The average Bonchev–Trinajstić information content (AvgIpc) is 3.34. The van der Waals surface area contributed by atoms with Gasteiger partial charge in [0.25, 0.3) is 0 Å². The molecule has 0 bridgehead atoms. The molecular weight excluding hydrogens is 582 g/mol. The highest BCUT2D eigenvalue weighted by Gasteiger charge is 2.37. The van der Waals surface area contributed by atoms with Crippen LogP contribution in [0, 0.1) is 5.92 Å². The highest BCUT2D eigenvalue weighted by atomic mass is 16.6. The van der Waals surface area contributed by atoms with Crippen LogP contribution in [0.4, 0.5) is 4.79 Å². The highest BCUT2D eigenvalue weighted by molar-refractivity contribution is 5.70. The third kappa shape index (κ3) is 10.5. The largest absolute Gasteiger partial charge is 0.457 e. The molecule has 6 atom stereocenters. The fraction of sp³-hybridized carbons (Fsp3) is 0.649. The van der Waals surface area contributed by atoms with Gasteiger partial charge in [-0.2, -0.15) is 0 Å². The molecule has 2 aliphatic heterocycles. The van der Waals surface area contributed by atoms with E-state index in [1.165, 1.54) is 38.5 Å². The number of hydrogen-bond donors (Lipinski definition) is 2. The van der Waals surface area contributed by atoms with Gasteiger partial charge in [-0.1, -0.05) is 69.9 Å². The summed E-state index contributed by atoms with van der Waals surface area (Å²) in [5, 5.41) is 22.1. The summed E-state index contributed by atoms with van der Waals surface area (Å²) in [4.78, 5) is 34.9. The number of aromatic nitrogens is 1. The van der Waals surface area contributed by atoms with Crippen molar-refractivity contribution in [3.8, 4) is 0 Å². The van der Waals surface area contributed by atoms with Crippen LogP contribution in [-0.2, 0) is 14.3 Å². The molecule has 2 fully saturated rings. The Bertz CT molecular complexity index is 1200. The van der Waals surface area contributed by atoms with Crippen molar-refractivity contribution >= 4 is 12.1 Å². The van der Waals surface area contributed by atoms with Crippen molar-refractivity contribution in [1.29, 1.82) is 0 Å². The molecule has 9 heteroatoms.